The molecule has 3 aromatic heterocycles. The van der Waals surface area contributed by atoms with E-state index >= 15 is 0 Å². The van der Waals surface area contributed by atoms with E-state index in [-0.39, 0.29) is 11.7 Å². The largest absolute Gasteiger partial charge is 0.451 e. The van der Waals surface area contributed by atoms with Crippen molar-refractivity contribution in [2.24, 2.45) is 0 Å². The molecule has 4 rings (SSSR count). The first kappa shape index (κ1) is 21.6. The van der Waals surface area contributed by atoms with Gasteiger partial charge in [-0.1, -0.05) is 12.8 Å². The summed E-state index contributed by atoms with van der Waals surface area (Å²) >= 11 is 1.22. The Morgan fingerprint density at radius 3 is 2.69 bits per heavy atom. The Hall–Kier alpha value is -3.58. The summed E-state index contributed by atoms with van der Waals surface area (Å²) in [6, 6.07) is 4.14. The highest BCUT2D eigenvalue weighted by molar-refractivity contribution is 7.13. The van der Waals surface area contributed by atoms with E-state index in [2.05, 4.69) is 26.3 Å². The average Bonchev–Trinajstić information content (AvgIpc) is 3.54. The molecule has 1 amide bonds. The van der Waals surface area contributed by atoms with E-state index in [0.717, 1.165) is 36.9 Å². The van der Waals surface area contributed by atoms with E-state index in [9.17, 15) is 14.9 Å². The molecule has 0 spiro atoms. The lowest BCUT2D eigenvalue weighted by Gasteiger charge is -2.19. The van der Waals surface area contributed by atoms with Gasteiger partial charge < -0.3 is 14.6 Å². The number of esters is 1. The molecule has 1 fully saturated rings. The number of carbonyl (C=O) groups is 2. The molecule has 0 unspecified atom stereocenters. The van der Waals surface area contributed by atoms with Crippen molar-refractivity contribution >= 4 is 29.0 Å². The minimum atomic E-state index is -0.711. The maximum Gasteiger partial charge on any atom is 0.358 e. The smallest absolute Gasteiger partial charge is 0.358 e. The molecule has 0 atom stereocenters. The molecule has 32 heavy (non-hydrogen) atoms. The molecule has 9 nitrogen and oxygen atoms in total. The Bertz CT molecular complexity index is 1190. The second-order valence-corrected chi connectivity index (χ2v) is 8.45. The third-order valence-corrected chi connectivity index (χ3v) is 6.46. The van der Waals surface area contributed by atoms with E-state index in [1.165, 1.54) is 16.7 Å². The molecule has 0 radical (unpaired) electrons. The van der Waals surface area contributed by atoms with Crippen LogP contribution >= 0.6 is 11.3 Å². The Morgan fingerprint density at radius 1 is 1.28 bits per heavy atom. The van der Waals surface area contributed by atoms with Crippen molar-refractivity contribution in [2.45, 2.75) is 45.6 Å². The number of rotatable bonds is 6. The summed E-state index contributed by atoms with van der Waals surface area (Å²) in [5, 5.41) is 14.5. The lowest BCUT2D eigenvalue weighted by atomic mass is 10.2. The lowest BCUT2D eigenvalue weighted by Crippen LogP contribution is -2.24. The topological polar surface area (TPSA) is 123 Å². The van der Waals surface area contributed by atoms with Crippen LogP contribution in [0.2, 0.25) is 0 Å². The molecule has 10 heteroatoms. The highest BCUT2D eigenvalue weighted by Gasteiger charge is 2.27. The van der Waals surface area contributed by atoms with Crippen molar-refractivity contribution in [1.82, 2.24) is 19.5 Å². The summed E-state index contributed by atoms with van der Waals surface area (Å²) in [4.78, 5) is 37.3. The van der Waals surface area contributed by atoms with Crippen LogP contribution in [0, 0.1) is 25.2 Å². The van der Waals surface area contributed by atoms with Crippen LogP contribution < -0.4 is 5.32 Å². The molecular formula is C22H22N6O3S. The molecule has 0 saturated heterocycles. The number of nitrogens with one attached hydrogen (secondary N) is 1. The standard InChI is InChI=1S/C22H22N6O3S/c1-13-14(2)28(15-6-3-4-7-15)20(16(13)10-23)27-18(29)11-31-22(30)17-12-32-21(26-17)19-24-8-5-9-25-19/h5,8-9,12,15H,3-4,6-7,11H2,1-2H3,(H,27,29). The monoisotopic (exact) mass is 450 g/mol. The number of ether oxygens (including phenoxy) is 1. The van der Waals surface area contributed by atoms with Gasteiger partial charge in [0.1, 0.15) is 11.9 Å². The number of anilines is 1. The number of amides is 1. The molecule has 3 heterocycles. The zero-order chi connectivity index (χ0) is 22.7. The SMILES string of the molecule is Cc1c(C#N)c(NC(=O)COC(=O)c2csc(-c3ncccn3)n2)n(C2CCCC2)c1C. The summed E-state index contributed by atoms with van der Waals surface area (Å²) < 4.78 is 7.20. The van der Waals surface area contributed by atoms with E-state index in [1.807, 2.05) is 18.4 Å². The van der Waals surface area contributed by atoms with Gasteiger partial charge in [-0.3, -0.25) is 4.79 Å². The second kappa shape index (κ2) is 9.28. The van der Waals surface area contributed by atoms with Gasteiger partial charge in [-0.05, 0) is 38.3 Å². The fourth-order valence-corrected chi connectivity index (χ4v) is 4.69. The summed E-state index contributed by atoms with van der Waals surface area (Å²) in [6.07, 6.45) is 7.44. The van der Waals surface area contributed by atoms with Gasteiger partial charge in [0.2, 0.25) is 0 Å². The van der Waals surface area contributed by atoms with Crippen molar-refractivity contribution in [1.29, 1.82) is 5.26 Å². The molecule has 1 saturated carbocycles. The van der Waals surface area contributed by atoms with Crippen LogP contribution in [0.4, 0.5) is 5.82 Å². The van der Waals surface area contributed by atoms with Crippen LogP contribution in [-0.2, 0) is 9.53 Å². The zero-order valence-electron chi connectivity index (χ0n) is 17.8. The van der Waals surface area contributed by atoms with Crippen molar-refractivity contribution in [3.05, 3.63) is 46.4 Å². The highest BCUT2D eigenvalue weighted by Crippen LogP contribution is 2.37. The van der Waals surface area contributed by atoms with E-state index < -0.39 is 18.5 Å². The van der Waals surface area contributed by atoms with Crippen LogP contribution in [0.3, 0.4) is 0 Å². The van der Waals surface area contributed by atoms with Gasteiger partial charge in [-0.2, -0.15) is 5.26 Å². The van der Waals surface area contributed by atoms with Crippen LogP contribution in [-0.4, -0.2) is 38.0 Å². The number of thiazole rings is 1. The predicted octanol–water partition coefficient (Wildman–Crippen LogP) is 3.80. The number of nitriles is 1. The fourth-order valence-electron chi connectivity index (χ4n) is 3.96. The molecule has 0 bridgehead atoms. The van der Waals surface area contributed by atoms with Gasteiger partial charge >= 0.3 is 5.97 Å². The van der Waals surface area contributed by atoms with Crippen molar-refractivity contribution in [3.8, 4) is 16.9 Å². The third-order valence-electron chi connectivity index (χ3n) is 5.62. The number of nitrogens with zero attached hydrogens (tertiary/aromatic N) is 5. The average molecular weight is 451 g/mol. The first-order valence-electron chi connectivity index (χ1n) is 10.3. The van der Waals surface area contributed by atoms with Gasteiger partial charge in [-0.25, -0.2) is 19.7 Å². The maximum absolute atomic E-state index is 12.6. The molecule has 1 N–H and O–H groups in total. The van der Waals surface area contributed by atoms with Crippen LogP contribution in [0.1, 0.15) is 59.0 Å². The first-order chi connectivity index (χ1) is 15.5. The van der Waals surface area contributed by atoms with Crippen molar-refractivity contribution in [3.63, 3.8) is 0 Å². The predicted molar refractivity (Wildman–Crippen MR) is 118 cm³/mol. The summed E-state index contributed by atoms with van der Waals surface area (Å²) in [5.74, 6) is -0.324. The summed E-state index contributed by atoms with van der Waals surface area (Å²) in [7, 11) is 0. The normalized spacial score (nSPS) is 13.7. The quantitative estimate of drug-likeness (QED) is 0.567. The second-order valence-electron chi connectivity index (χ2n) is 7.59. The Kier molecular flexibility index (Phi) is 6.28. The highest BCUT2D eigenvalue weighted by atomic mass is 32.1. The molecule has 1 aliphatic carbocycles. The van der Waals surface area contributed by atoms with Gasteiger partial charge in [0.15, 0.2) is 23.1 Å². The summed E-state index contributed by atoms with van der Waals surface area (Å²) in [5.41, 5.74) is 2.36. The van der Waals surface area contributed by atoms with Crippen molar-refractivity contribution in [2.75, 3.05) is 11.9 Å². The van der Waals surface area contributed by atoms with E-state index in [4.69, 9.17) is 4.74 Å². The fraction of sp³-hybridized carbons (Fsp3) is 0.364. The zero-order valence-corrected chi connectivity index (χ0v) is 18.6. The van der Waals surface area contributed by atoms with Gasteiger partial charge in [0.05, 0.1) is 5.56 Å². The van der Waals surface area contributed by atoms with Crippen LogP contribution in [0.5, 0.6) is 0 Å². The van der Waals surface area contributed by atoms with Crippen molar-refractivity contribution < 1.29 is 14.3 Å². The molecule has 1 aliphatic rings. The number of aromatic nitrogens is 4. The minimum absolute atomic E-state index is 0.0870. The van der Waals surface area contributed by atoms with E-state index in [1.54, 1.807) is 18.5 Å². The number of carbonyl (C=O) groups excluding carboxylic acids is 2. The first-order valence-corrected chi connectivity index (χ1v) is 11.2. The molecule has 3 aromatic rings. The Morgan fingerprint density at radius 2 is 2.00 bits per heavy atom. The summed E-state index contributed by atoms with van der Waals surface area (Å²) in [6.45, 7) is 3.36. The Labute approximate surface area is 189 Å². The van der Waals surface area contributed by atoms with Crippen LogP contribution in [0.15, 0.2) is 23.8 Å². The third kappa shape index (κ3) is 4.24. The van der Waals surface area contributed by atoms with Crippen LogP contribution in [0.25, 0.3) is 10.8 Å². The molecule has 164 valence electrons. The van der Waals surface area contributed by atoms with Gasteiger partial charge in [0, 0.05) is 29.5 Å². The van der Waals surface area contributed by atoms with Gasteiger partial charge in [-0.15, -0.1) is 11.3 Å². The van der Waals surface area contributed by atoms with Gasteiger partial charge in [0.25, 0.3) is 5.91 Å². The number of hydrogen-bond acceptors (Lipinski definition) is 8. The van der Waals surface area contributed by atoms with E-state index in [0.29, 0.717) is 22.2 Å². The lowest BCUT2D eigenvalue weighted by molar-refractivity contribution is -0.119. The Balaban J connectivity index is 1.44. The minimum Gasteiger partial charge on any atom is -0.451 e. The maximum atomic E-state index is 12.6. The number of hydrogen-bond donors (Lipinski definition) is 1. The molecule has 0 aromatic carbocycles. The molecular weight excluding hydrogens is 428 g/mol. The molecule has 0 aliphatic heterocycles.